The maximum absolute atomic E-state index is 13.6. The van der Waals surface area contributed by atoms with Gasteiger partial charge in [-0.05, 0) is 111 Å². The van der Waals surface area contributed by atoms with Crippen molar-refractivity contribution in [3.63, 3.8) is 0 Å². The number of hydrogen-bond acceptors (Lipinski definition) is 10. The molecule has 0 spiro atoms. The number of H-pyrrole nitrogens is 1. The smallest absolute Gasteiger partial charge is 0.349 e. The fourth-order valence-corrected chi connectivity index (χ4v) is 9.82. The van der Waals surface area contributed by atoms with E-state index in [2.05, 4.69) is 22.2 Å². The van der Waals surface area contributed by atoms with E-state index >= 15 is 0 Å². The van der Waals surface area contributed by atoms with E-state index in [9.17, 15) is 24.9 Å². The number of rotatable bonds is 18. The Morgan fingerprint density at radius 3 is 2.30 bits per heavy atom. The number of aromatic amines is 1. The zero-order valence-corrected chi connectivity index (χ0v) is 30.5. The number of ether oxygens (including phenoxy) is 1. The lowest BCUT2D eigenvalue weighted by molar-refractivity contribution is -0.177. The molecular weight excluding hydrogens is 671 g/mol. The number of hydrogen-bond donors (Lipinski definition) is 5. The van der Waals surface area contributed by atoms with Gasteiger partial charge in [-0.15, -0.1) is 22.7 Å². The fourth-order valence-electron chi connectivity index (χ4n) is 8.10. The van der Waals surface area contributed by atoms with Gasteiger partial charge in [0, 0.05) is 24.0 Å². The van der Waals surface area contributed by atoms with E-state index < -0.39 is 17.7 Å². The number of nitrogens with one attached hydrogen (secondary N) is 2. The fraction of sp³-hybridized carbons (Fsp3) is 0.538. The van der Waals surface area contributed by atoms with Gasteiger partial charge in [-0.25, -0.2) is 4.79 Å². The summed E-state index contributed by atoms with van der Waals surface area (Å²) in [6.07, 6.45) is 11.6. The molecule has 3 saturated carbocycles. The number of benzene rings is 1. The van der Waals surface area contributed by atoms with Gasteiger partial charge in [0.05, 0.1) is 21.4 Å². The van der Waals surface area contributed by atoms with Crippen LogP contribution < -0.4 is 10.9 Å². The highest BCUT2D eigenvalue weighted by atomic mass is 32.1. The second kappa shape index (κ2) is 17.0. The summed E-state index contributed by atoms with van der Waals surface area (Å²) in [6.45, 7) is 2.34. The molecular formula is C39H51N3O6S2. The number of carbonyl (C=O) groups excluding carboxylic acids is 1. The summed E-state index contributed by atoms with van der Waals surface area (Å²) in [7, 11) is 2.26. The average Bonchev–Trinajstić information content (AvgIpc) is 3.87. The Labute approximate surface area is 302 Å². The summed E-state index contributed by atoms with van der Waals surface area (Å²) >= 11 is 2.77. The van der Waals surface area contributed by atoms with Crippen LogP contribution in [0.5, 0.6) is 5.75 Å². The minimum atomic E-state index is -1.74. The molecule has 5 N–H and O–H groups in total. The number of thiophene rings is 2. The monoisotopic (exact) mass is 721 g/mol. The predicted molar refractivity (Wildman–Crippen MR) is 200 cm³/mol. The van der Waals surface area contributed by atoms with Gasteiger partial charge in [-0.1, -0.05) is 50.3 Å². The second-order valence-corrected chi connectivity index (χ2v) is 16.1. The number of carbonyl (C=O) groups is 1. The van der Waals surface area contributed by atoms with Crippen LogP contribution in [0.2, 0.25) is 0 Å². The Hall–Kier alpha value is -3.06. The lowest BCUT2D eigenvalue weighted by atomic mass is 9.65. The zero-order valence-electron chi connectivity index (χ0n) is 28.9. The number of unbranched alkanes of at least 4 members (excludes halogenated alkanes) is 6. The molecule has 5 atom stereocenters. The van der Waals surface area contributed by atoms with Crippen LogP contribution in [-0.2, 0) is 15.1 Å². The molecule has 3 heterocycles. The maximum Gasteiger partial charge on any atom is 0.349 e. The Kier molecular flexibility index (Phi) is 12.5. The topological polar surface area (TPSA) is 135 Å². The quantitative estimate of drug-likeness (QED) is 0.0568. The first-order chi connectivity index (χ1) is 24.3. The lowest BCUT2D eigenvalue weighted by Crippen LogP contribution is -2.53. The van der Waals surface area contributed by atoms with Crippen molar-refractivity contribution in [2.24, 2.45) is 11.8 Å². The Bertz CT molecular complexity index is 1690. The molecule has 3 aliphatic rings. The van der Waals surface area contributed by atoms with E-state index in [-0.39, 0.29) is 17.4 Å². The minimum absolute atomic E-state index is 0.00399. The normalized spacial score (nSPS) is 21.2. The SMILES string of the molecule is CN(CCCCCCCCCNC[C@H](O)c1ccc(O)c2[nH]c(=O)ccc12)C1CC2CCC1CC2OC(=O)C(O)(c1cccs1)c1cccs1. The summed E-state index contributed by atoms with van der Waals surface area (Å²) in [4.78, 5) is 31.6. The maximum atomic E-state index is 13.6. The van der Waals surface area contributed by atoms with Crippen LogP contribution >= 0.6 is 22.7 Å². The molecule has 0 amide bonds. The molecule has 0 radical (unpaired) electrons. The predicted octanol–water partition coefficient (Wildman–Crippen LogP) is 6.68. The Morgan fingerprint density at radius 2 is 1.64 bits per heavy atom. The van der Waals surface area contributed by atoms with Gasteiger partial charge in [0.25, 0.3) is 0 Å². The number of phenolic OH excluding ortho intramolecular Hbond substituents is 1. The molecule has 4 aromatic rings. The van der Waals surface area contributed by atoms with E-state index in [0.29, 0.717) is 50.6 Å². The van der Waals surface area contributed by atoms with E-state index in [0.717, 1.165) is 45.2 Å². The Morgan fingerprint density at radius 1 is 0.960 bits per heavy atom. The summed E-state index contributed by atoms with van der Waals surface area (Å²) in [5.41, 5.74) is -0.997. The summed E-state index contributed by atoms with van der Waals surface area (Å²) in [5.74, 6) is 0.306. The molecule has 11 heteroatoms. The van der Waals surface area contributed by atoms with E-state index in [1.165, 1.54) is 73.3 Å². The molecule has 7 rings (SSSR count). The highest BCUT2D eigenvalue weighted by Gasteiger charge is 2.49. The molecule has 3 aromatic heterocycles. The van der Waals surface area contributed by atoms with Gasteiger partial charge < -0.3 is 35.3 Å². The van der Waals surface area contributed by atoms with Gasteiger partial charge >= 0.3 is 5.97 Å². The van der Waals surface area contributed by atoms with Crippen molar-refractivity contribution in [2.45, 2.75) is 94.5 Å². The number of nitrogens with zero attached hydrogens (tertiary/aromatic N) is 1. The van der Waals surface area contributed by atoms with Crippen LogP contribution in [0.1, 0.15) is 92.1 Å². The first-order valence-corrected chi connectivity index (χ1v) is 20.0. The number of aliphatic hydroxyl groups excluding tert-OH is 1. The van der Waals surface area contributed by atoms with Gasteiger partial charge in [0.1, 0.15) is 11.9 Å². The highest BCUT2D eigenvalue weighted by molar-refractivity contribution is 7.12. The first-order valence-electron chi connectivity index (χ1n) is 18.2. The number of aromatic hydroxyl groups is 1. The number of fused-ring (bicyclic) bond motifs is 4. The van der Waals surface area contributed by atoms with Crippen molar-refractivity contribution < 1.29 is 24.9 Å². The Balaban J connectivity index is 0.839. The number of aromatic nitrogens is 1. The summed E-state index contributed by atoms with van der Waals surface area (Å²) in [5, 5.41) is 40.2. The zero-order chi connectivity index (χ0) is 35.1. The molecule has 3 aliphatic carbocycles. The van der Waals surface area contributed by atoms with Gasteiger partial charge in [0.2, 0.25) is 11.2 Å². The molecule has 3 fully saturated rings. The van der Waals surface area contributed by atoms with Gasteiger partial charge in [-0.3, -0.25) is 4.79 Å². The molecule has 2 bridgehead atoms. The van der Waals surface area contributed by atoms with Crippen LogP contribution in [0.25, 0.3) is 10.9 Å². The van der Waals surface area contributed by atoms with Crippen LogP contribution in [0.4, 0.5) is 0 Å². The van der Waals surface area contributed by atoms with Crippen molar-refractivity contribution in [3.05, 3.63) is 85.0 Å². The minimum Gasteiger partial charge on any atom is -0.506 e. The average molecular weight is 722 g/mol. The molecule has 4 unspecified atom stereocenters. The van der Waals surface area contributed by atoms with Crippen LogP contribution in [0.3, 0.4) is 0 Å². The molecule has 0 saturated heterocycles. The standard InChI is InChI=1S/C39H51N3O6S2/c1-42(20-8-6-4-2-3-5-7-19-40-25-32(44)28-15-17-31(43)37-29(28)16-18-36(45)41-37)30-23-27-14-13-26(30)24-33(27)48-38(46)39(47,34-11-9-21-49-34)35-12-10-22-50-35/h9-12,15-18,21-22,26-27,30,32-33,40,43-44,47H,2-8,13-14,19-20,23-25H2,1H3,(H,41,45)/t26?,27?,30?,32-,33?/m0/s1. The number of aliphatic hydroxyl groups is 2. The third-order valence-electron chi connectivity index (χ3n) is 10.9. The number of pyridine rings is 1. The van der Waals surface area contributed by atoms with Crippen molar-refractivity contribution in [3.8, 4) is 5.75 Å². The first kappa shape index (κ1) is 36.7. The van der Waals surface area contributed by atoms with Gasteiger partial charge in [0.15, 0.2) is 0 Å². The molecule has 1 aromatic carbocycles. The lowest BCUT2D eigenvalue weighted by Gasteiger charge is -2.50. The van der Waals surface area contributed by atoms with Crippen molar-refractivity contribution >= 4 is 39.5 Å². The van der Waals surface area contributed by atoms with Crippen molar-refractivity contribution in [1.82, 2.24) is 15.2 Å². The van der Waals surface area contributed by atoms with Crippen LogP contribution in [-0.4, -0.2) is 70.0 Å². The third-order valence-corrected chi connectivity index (χ3v) is 12.9. The number of esters is 1. The molecule has 9 nitrogen and oxygen atoms in total. The van der Waals surface area contributed by atoms with Crippen molar-refractivity contribution in [1.29, 1.82) is 0 Å². The summed E-state index contributed by atoms with van der Waals surface area (Å²) in [6, 6.07) is 14.1. The highest BCUT2D eigenvalue weighted by Crippen LogP contribution is 2.46. The van der Waals surface area contributed by atoms with E-state index in [1.807, 2.05) is 35.0 Å². The van der Waals surface area contributed by atoms with Crippen molar-refractivity contribution in [2.75, 3.05) is 26.7 Å². The molecule has 270 valence electrons. The summed E-state index contributed by atoms with van der Waals surface area (Å²) < 4.78 is 6.16. The third kappa shape index (κ3) is 8.35. The van der Waals surface area contributed by atoms with Crippen LogP contribution in [0.15, 0.2) is 64.1 Å². The van der Waals surface area contributed by atoms with E-state index in [4.69, 9.17) is 4.74 Å². The second-order valence-electron chi connectivity index (χ2n) is 14.2. The van der Waals surface area contributed by atoms with E-state index in [1.54, 1.807) is 12.1 Å². The molecule has 50 heavy (non-hydrogen) atoms. The molecule has 0 aliphatic heterocycles. The number of phenols is 1. The van der Waals surface area contributed by atoms with Gasteiger partial charge in [-0.2, -0.15) is 0 Å². The van der Waals surface area contributed by atoms with Crippen LogP contribution in [0, 0.1) is 11.8 Å². The largest absolute Gasteiger partial charge is 0.506 e.